The summed E-state index contributed by atoms with van der Waals surface area (Å²) in [6.07, 6.45) is 2.17. The lowest BCUT2D eigenvalue weighted by Gasteiger charge is -2.59. The Morgan fingerprint density at radius 3 is 2.23 bits per heavy atom. The number of phenols is 1. The highest BCUT2D eigenvalue weighted by molar-refractivity contribution is 6.24. The highest BCUT2D eigenvalue weighted by Crippen LogP contribution is 2.65. The van der Waals surface area contributed by atoms with Crippen LogP contribution in [0.15, 0.2) is 35.1 Å². The van der Waals surface area contributed by atoms with Gasteiger partial charge in [0, 0.05) is 28.7 Å². The van der Waals surface area contributed by atoms with Gasteiger partial charge in [0.2, 0.25) is 5.78 Å². The van der Waals surface area contributed by atoms with Crippen LogP contribution in [0.25, 0.3) is 11.3 Å². The summed E-state index contributed by atoms with van der Waals surface area (Å²) < 4.78 is 0. The predicted octanol–water partition coefficient (Wildman–Crippen LogP) is 4.57. The zero-order chi connectivity index (χ0) is 29.4. The average Bonchev–Trinajstić information content (AvgIpc) is 2.79. The van der Waals surface area contributed by atoms with Crippen LogP contribution in [0.3, 0.4) is 0 Å². The molecule has 0 heterocycles. The van der Waals surface area contributed by atoms with Gasteiger partial charge in [-0.05, 0) is 62.3 Å². The van der Waals surface area contributed by atoms with Crippen LogP contribution < -0.4 is 0 Å². The third kappa shape index (κ3) is 3.75. The maximum Gasteiger partial charge on any atom is 0.203 e. The number of aromatic hydroxyl groups is 1. The van der Waals surface area contributed by atoms with Gasteiger partial charge in [-0.15, -0.1) is 0 Å². The van der Waals surface area contributed by atoms with E-state index in [1.54, 1.807) is 39.8 Å². The number of hydrogen-bond acceptors (Lipinski definition) is 8. The minimum atomic E-state index is -2.64. The van der Waals surface area contributed by atoms with Gasteiger partial charge < -0.3 is 20.4 Å². The van der Waals surface area contributed by atoms with Crippen molar-refractivity contribution in [3.8, 4) is 5.75 Å². The normalized spacial score (nSPS) is 30.8. The van der Waals surface area contributed by atoms with Crippen LogP contribution in [0.2, 0.25) is 0 Å². The van der Waals surface area contributed by atoms with Gasteiger partial charge in [-0.3, -0.25) is 19.2 Å². The molecule has 1 aromatic rings. The summed E-state index contributed by atoms with van der Waals surface area (Å²) in [7, 11) is 0. The van der Waals surface area contributed by atoms with Crippen LogP contribution in [0.5, 0.6) is 5.75 Å². The number of phenolic OH excluding ortho intramolecular Hbond substituents is 1. The molecule has 0 amide bonds. The number of aliphatic hydroxyl groups is 3. The van der Waals surface area contributed by atoms with Crippen LogP contribution in [-0.2, 0) is 25.6 Å². The first-order valence-corrected chi connectivity index (χ1v) is 13.2. The topological polar surface area (TPSA) is 149 Å². The van der Waals surface area contributed by atoms with Crippen molar-refractivity contribution in [2.45, 2.75) is 73.3 Å². The molecule has 4 rings (SSSR count). The number of aliphatic hydroxyl groups excluding tert-OH is 2. The van der Waals surface area contributed by atoms with Gasteiger partial charge >= 0.3 is 0 Å². The van der Waals surface area contributed by atoms with Crippen LogP contribution in [0.4, 0.5) is 0 Å². The van der Waals surface area contributed by atoms with E-state index >= 15 is 0 Å². The Kier molecular flexibility index (Phi) is 6.58. The number of carbonyl (C=O) groups excluding carboxylic acids is 4. The number of carbonyl (C=O) groups is 4. The summed E-state index contributed by atoms with van der Waals surface area (Å²) >= 11 is 0. The van der Waals surface area contributed by atoms with Gasteiger partial charge in [0.15, 0.2) is 17.2 Å². The number of benzene rings is 1. The van der Waals surface area contributed by atoms with Gasteiger partial charge in [0.05, 0.1) is 5.56 Å². The lowest BCUT2D eigenvalue weighted by molar-refractivity contribution is -0.178. The molecule has 0 spiro atoms. The fraction of sp³-hybridized carbons (Fsp3) is 0.484. The summed E-state index contributed by atoms with van der Waals surface area (Å²) in [5.74, 6) is -5.53. The van der Waals surface area contributed by atoms with Gasteiger partial charge in [-0.1, -0.05) is 39.8 Å². The van der Waals surface area contributed by atoms with Gasteiger partial charge in [-0.2, -0.15) is 0 Å². The molecule has 3 aliphatic rings. The van der Waals surface area contributed by atoms with Gasteiger partial charge in [-0.25, -0.2) is 0 Å². The lowest BCUT2D eigenvalue weighted by atomic mass is 9.43. The predicted molar refractivity (Wildman–Crippen MR) is 145 cm³/mol. The van der Waals surface area contributed by atoms with Crippen molar-refractivity contribution >= 4 is 34.5 Å². The zero-order valence-electron chi connectivity index (χ0n) is 23.4. The van der Waals surface area contributed by atoms with Crippen LogP contribution in [-0.4, -0.2) is 49.2 Å². The molecule has 1 fully saturated rings. The van der Waals surface area contributed by atoms with Crippen LogP contribution in [0.1, 0.15) is 78.0 Å². The van der Waals surface area contributed by atoms with Gasteiger partial charge in [0.1, 0.15) is 28.6 Å². The lowest BCUT2D eigenvalue weighted by Crippen LogP contribution is -2.69. The van der Waals surface area contributed by atoms with Crippen molar-refractivity contribution in [3.63, 3.8) is 0 Å². The number of Topliss-reactive ketones (excluding diaryl/α,β-unsaturated/α-hetero) is 4. The summed E-state index contributed by atoms with van der Waals surface area (Å²) in [4.78, 5) is 51.9. The quantitative estimate of drug-likeness (QED) is 0.400. The van der Waals surface area contributed by atoms with E-state index in [0.717, 1.165) is 12.5 Å². The molecule has 1 saturated carbocycles. The van der Waals surface area contributed by atoms with E-state index < -0.39 is 56.8 Å². The Morgan fingerprint density at radius 2 is 1.69 bits per heavy atom. The molecule has 1 aromatic carbocycles. The van der Waals surface area contributed by atoms with Crippen LogP contribution in [0, 0.1) is 22.7 Å². The second-order valence-corrected chi connectivity index (χ2v) is 12.2. The summed E-state index contributed by atoms with van der Waals surface area (Å²) in [6.45, 7) is 11.3. The molecule has 8 nitrogen and oxygen atoms in total. The Labute approximate surface area is 227 Å². The molecule has 0 aromatic heterocycles. The number of hydrogen-bond donors (Lipinski definition) is 4. The molecule has 0 aliphatic heterocycles. The molecule has 4 atom stereocenters. The van der Waals surface area contributed by atoms with E-state index in [9.17, 15) is 39.6 Å². The Morgan fingerprint density at radius 1 is 1.08 bits per heavy atom. The summed E-state index contributed by atoms with van der Waals surface area (Å²) in [6, 6.07) is 3.09. The average molecular weight is 537 g/mol. The molecule has 39 heavy (non-hydrogen) atoms. The van der Waals surface area contributed by atoms with Gasteiger partial charge in [0.25, 0.3) is 0 Å². The second kappa shape index (κ2) is 9.01. The standard InChI is InChI=1S/C31H36O8/c1-14(2)23-25(35)21(17(5)33)27(37)31(39)28(38)24-26(36)22-19(12-29(24,6)13-30(23,31)7)18(10-11-20(22)34)15(3)8-9-16(4)32/h8,10-11,14,23,34,36-37,39H,9,12-13H2,1-7H3/b15-8-/t23?,29-,30-,31+/m1/s1. The smallest absolute Gasteiger partial charge is 0.203 e. The Bertz CT molecular complexity index is 1440. The molecule has 0 saturated heterocycles. The molecule has 0 radical (unpaired) electrons. The molecular weight excluding hydrogens is 500 g/mol. The first-order valence-electron chi connectivity index (χ1n) is 13.2. The van der Waals surface area contributed by atoms with Crippen molar-refractivity contribution in [3.05, 3.63) is 51.8 Å². The van der Waals surface area contributed by atoms with E-state index in [2.05, 4.69) is 0 Å². The van der Waals surface area contributed by atoms with Crippen molar-refractivity contribution in [1.29, 1.82) is 0 Å². The maximum absolute atomic E-state index is 14.3. The van der Waals surface area contributed by atoms with Crippen molar-refractivity contribution < 1.29 is 39.6 Å². The van der Waals surface area contributed by atoms with E-state index in [4.69, 9.17) is 0 Å². The molecular formula is C31H36O8. The van der Waals surface area contributed by atoms with E-state index in [0.29, 0.717) is 11.1 Å². The first-order chi connectivity index (χ1) is 17.9. The largest absolute Gasteiger partial charge is 0.508 e. The third-order valence-electron chi connectivity index (χ3n) is 9.01. The Balaban J connectivity index is 2.05. The third-order valence-corrected chi connectivity index (χ3v) is 9.01. The maximum atomic E-state index is 14.3. The van der Waals surface area contributed by atoms with Crippen molar-refractivity contribution in [1.82, 2.24) is 0 Å². The fourth-order valence-electron chi connectivity index (χ4n) is 7.49. The Hall–Kier alpha value is -3.52. The number of ketones is 4. The van der Waals surface area contributed by atoms with E-state index in [-0.39, 0.29) is 47.8 Å². The molecule has 8 heteroatoms. The SMILES string of the molecule is CC(=O)C/C=C(/C)c1ccc(O)c2c1C[C@]1(C)C[C@]3(C)C(C(C)C)C(=O)C(C(C)=O)=C(O)[C@]3(O)C(=O)C1=C2O. The fourth-order valence-corrected chi connectivity index (χ4v) is 7.49. The van der Waals surface area contributed by atoms with Crippen molar-refractivity contribution in [2.75, 3.05) is 0 Å². The minimum absolute atomic E-state index is 0.0240. The van der Waals surface area contributed by atoms with E-state index in [1.807, 2.05) is 6.92 Å². The summed E-state index contributed by atoms with van der Waals surface area (Å²) in [5, 5.41) is 45.6. The molecule has 208 valence electrons. The highest BCUT2D eigenvalue weighted by atomic mass is 16.3. The van der Waals surface area contributed by atoms with Crippen LogP contribution >= 0.6 is 0 Å². The molecule has 4 N–H and O–H groups in total. The minimum Gasteiger partial charge on any atom is -0.508 e. The zero-order valence-corrected chi connectivity index (χ0v) is 23.4. The number of rotatable bonds is 5. The molecule has 3 aliphatic carbocycles. The molecule has 0 bridgehead atoms. The van der Waals surface area contributed by atoms with Crippen molar-refractivity contribution in [2.24, 2.45) is 22.7 Å². The number of fused-ring (bicyclic) bond motifs is 3. The monoisotopic (exact) mass is 536 g/mol. The summed E-state index contributed by atoms with van der Waals surface area (Å²) in [5.41, 5.74) is -3.95. The highest BCUT2D eigenvalue weighted by Gasteiger charge is 2.72. The second-order valence-electron chi connectivity index (χ2n) is 12.2. The number of allylic oxidation sites excluding steroid dienone is 3. The van der Waals surface area contributed by atoms with E-state index in [1.165, 1.54) is 13.0 Å². The first kappa shape index (κ1) is 28.5. The molecule has 1 unspecified atom stereocenters.